The number of aliphatic carboxylic acids is 1. The number of likely N-dealkylation sites (tertiary alicyclic amines) is 1. The third kappa shape index (κ3) is 4.27. The minimum Gasteiger partial charge on any atom is -0.481 e. The lowest BCUT2D eigenvalue weighted by Crippen LogP contribution is -2.42. The van der Waals surface area contributed by atoms with E-state index in [2.05, 4.69) is 22.3 Å². The van der Waals surface area contributed by atoms with Gasteiger partial charge in [0.15, 0.2) is 5.82 Å². The van der Waals surface area contributed by atoms with E-state index in [0.717, 1.165) is 29.9 Å². The Labute approximate surface area is 158 Å². The summed E-state index contributed by atoms with van der Waals surface area (Å²) in [6, 6.07) is 3.66. The maximum Gasteiger partial charge on any atom is 0.321 e. The Hall–Kier alpha value is -2.90. The average molecular weight is 371 g/mol. The zero-order chi connectivity index (χ0) is 19.4. The minimum absolute atomic E-state index is 0.215. The third-order valence-corrected chi connectivity index (χ3v) is 4.85. The summed E-state index contributed by atoms with van der Waals surface area (Å²) < 4.78 is 1.77. The highest BCUT2D eigenvalue weighted by atomic mass is 16.4. The predicted molar refractivity (Wildman–Crippen MR) is 101 cm³/mol. The third-order valence-electron chi connectivity index (χ3n) is 4.85. The fourth-order valence-electron chi connectivity index (χ4n) is 3.31. The second-order valence-corrected chi connectivity index (χ2v) is 6.89. The molecular weight excluding hydrogens is 346 g/mol. The zero-order valence-electron chi connectivity index (χ0n) is 15.7. The molecule has 144 valence electrons. The molecule has 3 rings (SSSR count). The van der Waals surface area contributed by atoms with Crippen molar-refractivity contribution in [3.63, 3.8) is 0 Å². The molecule has 1 aliphatic heterocycles. The van der Waals surface area contributed by atoms with Crippen LogP contribution in [0.2, 0.25) is 0 Å². The number of amides is 2. The van der Waals surface area contributed by atoms with Gasteiger partial charge in [0.05, 0.1) is 23.5 Å². The Morgan fingerprint density at radius 3 is 2.70 bits per heavy atom. The van der Waals surface area contributed by atoms with E-state index in [9.17, 15) is 9.59 Å². The van der Waals surface area contributed by atoms with Crippen LogP contribution in [0.3, 0.4) is 0 Å². The number of hydrogen-bond acceptors (Lipinski definition) is 4. The second-order valence-electron chi connectivity index (χ2n) is 6.89. The van der Waals surface area contributed by atoms with Gasteiger partial charge in [-0.2, -0.15) is 5.10 Å². The van der Waals surface area contributed by atoms with Gasteiger partial charge < -0.3 is 15.3 Å². The van der Waals surface area contributed by atoms with Gasteiger partial charge in [-0.3, -0.25) is 4.79 Å². The lowest BCUT2D eigenvalue weighted by molar-refractivity contribution is -0.143. The van der Waals surface area contributed by atoms with Crippen molar-refractivity contribution >= 4 is 17.7 Å². The summed E-state index contributed by atoms with van der Waals surface area (Å²) >= 11 is 0. The monoisotopic (exact) mass is 371 g/mol. The number of nitrogens with one attached hydrogen (secondary N) is 1. The number of hydrogen-bond donors (Lipinski definition) is 2. The first-order valence-corrected chi connectivity index (χ1v) is 9.28. The van der Waals surface area contributed by atoms with Gasteiger partial charge in [-0.15, -0.1) is 0 Å². The van der Waals surface area contributed by atoms with Gasteiger partial charge in [0, 0.05) is 19.3 Å². The Morgan fingerprint density at radius 2 is 2.07 bits per heavy atom. The highest BCUT2D eigenvalue weighted by Gasteiger charge is 2.27. The van der Waals surface area contributed by atoms with Gasteiger partial charge in [-0.1, -0.05) is 13.3 Å². The molecule has 3 heterocycles. The number of rotatable bonds is 5. The molecule has 2 aromatic heterocycles. The minimum atomic E-state index is -0.785. The molecule has 1 saturated heterocycles. The van der Waals surface area contributed by atoms with Gasteiger partial charge >= 0.3 is 12.0 Å². The number of carbonyl (C=O) groups is 2. The van der Waals surface area contributed by atoms with E-state index in [1.54, 1.807) is 22.0 Å². The van der Waals surface area contributed by atoms with E-state index in [4.69, 9.17) is 5.11 Å². The average Bonchev–Trinajstić information content (AvgIpc) is 3.04. The highest BCUT2D eigenvalue weighted by Crippen LogP contribution is 2.23. The summed E-state index contributed by atoms with van der Waals surface area (Å²) in [5.74, 6) is -0.423. The number of nitrogens with zero attached hydrogens (tertiary/aromatic N) is 4. The Balaban J connectivity index is 1.75. The molecule has 2 amide bonds. The van der Waals surface area contributed by atoms with Crippen molar-refractivity contribution < 1.29 is 14.7 Å². The van der Waals surface area contributed by atoms with Crippen LogP contribution >= 0.6 is 0 Å². The van der Waals surface area contributed by atoms with Crippen molar-refractivity contribution in [1.29, 1.82) is 0 Å². The van der Waals surface area contributed by atoms with Gasteiger partial charge in [-0.25, -0.2) is 14.5 Å². The first-order valence-electron chi connectivity index (χ1n) is 9.28. The summed E-state index contributed by atoms with van der Waals surface area (Å²) in [6.45, 7) is 4.96. The van der Waals surface area contributed by atoms with Crippen LogP contribution in [0.5, 0.6) is 0 Å². The second kappa shape index (κ2) is 8.20. The van der Waals surface area contributed by atoms with E-state index >= 15 is 0 Å². The number of aromatic nitrogens is 3. The number of carboxylic acid groups (broad SMARTS) is 1. The lowest BCUT2D eigenvalue weighted by atomic mass is 9.97. The number of pyridine rings is 1. The molecule has 0 saturated carbocycles. The molecule has 8 nitrogen and oxygen atoms in total. The number of urea groups is 1. The van der Waals surface area contributed by atoms with Crippen molar-refractivity contribution in [2.24, 2.45) is 5.92 Å². The van der Waals surface area contributed by atoms with Gasteiger partial charge in [0.2, 0.25) is 0 Å². The van der Waals surface area contributed by atoms with Crippen LogP contribution in [-0.2, 0) is 11.2 Å². The summed E-state index contributed by atoms with van der Waals surface area (Å²) in [5, 5.41) is 16.5. The summed E-state index contributed by atoms with van der Waals surface area (Å²) in [6.07, 6.45) is 6.02. The first kappa shape index (κ1) is 18.9. The van der Waals surface area contributed by atoms with E-state index in [1.165, 1.54) is 0 Å². The van der Waals surface area contributed by atoms with Crippen molar-refractivity contribution in [1.82, 2.24) is 19.7 Å². The van der Waals surface area contributed by atoms with E-state index < -0.39 is 5.97 Å². The Kier molecular flexibility index (Phi) is 5.73. The first-order chi connectivity index (χ1) is 13.0. The molecule has 2 aromatic rings. The summed E-state index contributed by atoms with van der Waals surface area (Å²) in [5.41, 5.74) is 2.67. The number of aryl methyl sites for hydroxylation is 1. The Morgan fingerprint density at radius 1 is 1.33 bits per heavy atom. The fraction of sp³-hybridized carbons (Fsp3) is 0.474. The van der Waals surface area contributed by atoms with Gasteiger partial charge in [0.1, 0.15) is 0 Å². The quantitative estimate of drug-likeness (QED) is 0.842. The zero-order valence-corrected chi connectivity index (χ0v) is 15.7. The molecule has 0 bridgehead atoms. The number of carbonyl (C=O) groups excluding carboxylic acids is 1. The van der Waals surface area contributed by atoms with Crippen LogP contribution in [0, 0.1) is 12.8 Å². The smallest absolute Gasteiger partial charge is 0.321 e. The molecule has 0 aliphatic carbocycles. The lowest BCUT2D eigenvalue weighted by Gasteiger charge is -2.30. The van der Waals surface area contributed by atoms with E-state index in [-0.39, 0.29) is 11.9 Å². The molecule has 2 N–H and O–H groups in total. The SMILES string of the molecule is CCCc1c(NC(=O)N2CCC(C(=O)O)CC2)cnn1-c1cc(C)ccn1. The summed E-state index contributed by atoms with van der Waals surface area (Å²) in [7, 11) is 0. The van der Waals surface area contributed by atoms with E-state index in [0.29, 0.717) is 31.6 Å². The van der Waals surface area contributed by atoms with Crippen molar-refractivity contribution in [2.75, 3.05) is 18.4 Å². The molecule has 0 aromatic carbocycles. The summed E-state index contributed by atoms with van der Waals surface area (Å²) in [4.78, 5) is 29.7. The maximum absolute atomic E-state index is 12.6. The van der Waals surface area contributed by atoms with Crippen LogP contribution in [0.25, 0.3) is 5.82 Å². The fourth-order valence-corrected chi connectivity index (χ4v) is 3.31. The molecule has 0 unspecified atom stereocenters. The highest BCUT2D eigenvalue weighted by molar-refractivity contribution is 5.90. The van der Waals surface area contributed by atoms with Crippen molar-refractivity contribution in [2.45, 2.75) is 39.5 Å². The van der Waals surface area contributed by atoms with Gasteiger partial charge in [-0.05, 0) is 43.9 Å². The number of carboxylic acids is 1. The largest absolute Gasteiger partial charge is 0.481 e. The van der Waals surface area contributed by atoms with Crippen LogP contribution in [0.1, 0.15) is 37.4 Å². The number of anilines is 1. The molecule has 8 heteroatoms. The molecule has 1 aliphatic rings. The molecule has 0 radical (unpaired) electrons. The molecular formula is C19H25N5O3. The van der Waals surface area contributed by atoms with Gasteiger partial charge in [0.25, 0.3) is 0 Å². The molecule has 0 atom stereocenters. The van der Waals surface area contributed by atoms with Crippen LogP contribution in [0.4, 0.5) is 10.5 Å². The normalized spacial score (nSPS) is 15.0. The van der Waals surface area contributed by atoms with Crippen LogP contribution < -0.4 is 5.32 Å². The molecule has 0 spiro atoms. The van der Waals surface area contributed by atoms with Crippen molar-refractivity contribution in [3.8, 4) is 5.82 Å². The molecule has 27 heavy (non-hydrogen) atoms. The van der Waals surface area contributed by atoms with E-state index in [1.807, 2.05) is 19.1 Å². The number of piperidine rings is 1. The Bertz CT molecular complexity index is 825. The van der Waals surface area contributed by atoms with Crippen LogP contribution in [-0.4, -0.2) is 49.9 Å². The molecule has 1 fully saturated rings. The van der Waals surface area contributed by atoms with Crippen LogP contribution in [0.15, 0.2) is 24.5 Å². The topological polar surface area (TPSA) is 100 Å². The maximum atomic E-state index is 12.6. The van der Waals surface area contributed by atoms with Crippen molar-refractivity contribution in [3.05, 3.63) is 35.8 Å². The standard InChI is InChI=1S/C19H25N5O3/c1-3-4-16-15(12-21-24(16)17-11-13(2)5-8-20-17)22-19(27)23-9-6-14(7-10-23)18(25)26/h5,8,11-12,14H,3-4,6-7,9-10H2,1-2H3,(H,22,27)(H,25,26). The predicted octanol–water partition coefficient (Wildman–Crippen LogP) is 2.86.